The molecular formula is C21H22ClN3O3S. The van der Waals surface area contributed by atoms with E-state index in [2.05, 4.69) is 16.4 Å². The summed E-state index contributed by atoms with van der Waals surface area (Å²) in [6, 6.07) is 11.1. The minimum absolute atomic E-state index is 0.392. The first-order valence-electron chi connectivity index (χ1n) is 9.06. The number of imidazole rings is 1. The third-order valence-corrected chi connectivity index (χ3v) is 6.09. The number of nitrogens with one attached hydrogen (secondary N) is 1. The maximum Gasteiger partial charge on any atom is 0.325 e. The molecular weight excluding hydrogens is 410 g/mol. The van der Waals surface area contributed by atoms with E-state index in [0.717, 1.165) is 22.0 Å². The summed E-state index contributed by atoms with van der Waals surface area (Å²) in [6.45, 7) is 6.93. The Kier molecular flexibility index (Phi) is 5.91. The molecule has 1 heterocycles. The van der Waals surface area contributed by atoms with Gasteiger partial charge in [0.1, 0.15) is 11.2 Å². The van der Waals surface area contributed by atoms with Crippen LogP contribution in [0, 0.1) is 6.92 Å². The number of carbonyl (C=O) groups is 2. The topological polar surface area (TPSA) is 84.2 Å². The van der Waals surface area contributed by atoms with Gasteiger partial charge in [0.2, 0.25) is 5.91 Å². The molecule has 2 aromatic carbocycles. The van der Waals surface area contributed by atoms with Crippen LogP contribution >= 0.6 is 23.4 Å². The first-order chi connectivity index (χ1) is 13.6. The average Bonchev–Trinajstić information content (AvgIpc) is 3.01. The summed E-state index contributed by atoms with van der Waals surface area (Å²) in [6.07, 6.45) is 1.55. The molecule has 2 N–H and O–H groups in total. The number of carboxylic acids is 1. The lowest BCUT2D eigenvalue weighted by Crippen LogP contribution is -2.47. The highest BCUT2D eigenvalue weighted by Gasteiger charge is 2.33. The van der Waals surface area contributed by atoms with Gasteiger partial charge in [0.15, 0.2) is 5.16 Å². The predicted octanol–water partition coefficient (Wildman–Crippen LogP) is 4.45. The number of nitrogens with zero attached hydrogens (tertiary/aromatic N) is 2. The van der Waals surface area contributed by atoms with Gasteiger partial charge < -0.3 is 10.4 Å². The van der Waals surface area contributed by atoms with E-state index in [1.54, 1.807) is 20.0 Å². The van der Waals surface area contributed by atoms with Crippen molar-refractivity contribution in [3.8, 4) is 5.69 Å². The zero-order valence-electron chi connectivity index (χ0n) is 16.6. The third kappa shape index (κ3) is 4.26. The number of halogens is 1. The van der Waals surface area contributed by atoms with Gasteiger partial charge in [0, 0.05) is 5.39 Å². The van der Waals surface area contributed by atoms with E-state index < -0.39 is 22.7 Å². The van der Waals surface area contributed by atoms with Gasteiger partial charge in [0.05, 0.1) is 16.6 Å². The van der Waals surface area contributed by atoms with Gasteiger partial charge >= 0.3 is 5.97 Å². The summed E-state index contributed by atoms with van der Waals surface area (Å²) in [5.74, 6) is -1.48. The molecule has 0 aliphatic rings. The number of fused-ring (bicyclic) bond motifs is 1. The molecule has 0 saturated carbocycles. The Bertz CT molecular complexity index is 1090. The molecule has 1 aromatic heterocycles. The minimum atomic E-state index is -1.09. The maximum atomic E-state index is 12.6. The van der Waals surface area contributed by atoms with E-state index >= 15 is 0 Å². The monoisotopic (exact) mass is 431 g/mol. The zero-order valence-corrected chi connectivity index (χ0v) is 18.1. The van der Waals surface area contributed by atoms with Crippen LogP contribution in [0.4, 0.5) is 0 Å². The number of carboxylic acid groups (broad SMARTS) is 1. The Morgan fingerprint density at radius 3 is 2.52 bits per heavy atom. The Labute approximate surface area is 178 Å². The number of hydrogen-bond donors (Lipinski definition) is 2. The van der Waals surface area contributed by atoms with Gasteiger partial charge in [-0.1, -0.05) is 53.7 Å². The molecule has 1 unspecified atom stereocenters. The number of thioether (sulfide) groups is 1. The summed E-state index contributed by atoms with van der Waals surface area (Å²) < 4.78 is 0.848. The lowest BCUT2D eigenvalue weighted by molar-refractivity contribution is -0.141. The van der Waals surface area contributed by atoms with Crippen LogP contribution in [0.1, 0.15) is 26.3 Å². The van der Waals surface area contributed by atoms with Crippen LogP contribution < -0.4 is 5.32 Å². The Morgan fingerprint density at radius 1 is 1.21 bits per heavy atom. The van der Waals surface area contributed by atoms with Gasteiger partial charge in [-0.05, 0) is 44.7 Å². The van der Waals surface area contributed by atoms with E-state index in [4.69, 9.17) is 16.7 Å². The number of carbonyl (C=O) groups excluding carboxylic acids is 1. The highest BCUT2D eigenvalue weighted by Crippen LogP contribution is 2.37. The molecule has 0 bridgehead atoms. The van der Waals surface area contributed by atoms with E-state index in [1.807, 2.05) is 41.8 Å². The molecule has 8 heteroatoms. The lowest BCUT2D eigenvalue weighted by Gasteiger charge is -2.24. The molecule has 0 saturated heterocycles. The summed E-state index contributed by atoms with van der Waals surface area (Å²) in [4.78, 5) is 28.1. The van der Waals surface area contributed by atoms with Crippen molar-refractivity contribution >= 4 is 46.0 Å². The second-order valence-corrected chi connectivity index (χ2v) is 9.27. The van der Waals surface area contributed by atoms with Gasteiger partial charge in [-0.2, -0.15) is 0 Å². The highest BCUT2D eigenvalue weighted by atomic mass is 35.5. The molecule has 3 aromatic rings. The fourth-order valence-corrected chi connectivity index (χ4v) is 4.21. The molecule has 3 rings (SSSR count). The molecule has 1 amide bonds. The Hall–Kier alpha value is -2.51. The van der Waals surface area contributed by atoms with E-state index in [-0.39, 0.29) is 0 Å². The van der Waals surface area contributed by atoms with Crippen LogP contribution in [0.15, 0.2) is 47.8 Å². The van der Waals surface area contributed by atoms with E-state index in [9.17, 15) is 9.59 Å². The van der Waals surface area contributed by atoms with Crippen LogP contribution in [0.3, 0.4) is 0 Å². The SMILES string of the molecule is Cc1ccc(-n2c(Cl)cnc2SC(C)(C)C(=O)NC(C)C(=O)O)c2ccccc12. The smallest absolute Gasteiger partial charge is 0.325 e. The van der Waals surface area contributed by atoms with Crippen LogP contribution in [0.25, 0.3) is 16.5 Å². The van der Waals surface area contributed by atoms with Crippen molar-refractivity contribution in [2.24, 2.45) is 0 Å². The predicted molar refractivity (Wildman–Crippen MR) is 116 cm³/mol. The summed E-state index contributed by atoms with van der Waals surface area (Å²) in [5, 5.41) is 14.7. The van der Waals surface area contributed by atoms with Crippen LogP contribution in [0.2, 0.25) is 5.15 Å². The quantitative estimate of drug-likeness (QED) is 0.563. The van der Waals surface area contributed by atoms with E-state index in [0.29, 0.717) is 10.3 Å². The van der Waals surface area contributed by atoms with E-state index in [1.165, 1.54) is 18.7 Å². The number of rotatable bonds is 6. The summed E-state index contributed by atoms with van der Waals surface area (Å²) >= 11 is 7.69. The molecule has 152 valence electrons. The van der Waals surface area contributed by atoms with Crippen molar-refractivity contribution in [3.63, 3.8) is 0 Å². The molecule has 29 heavy (non-hydrogen) atoms. The molecule has 0 spiro atoms. The highest BCUT2D eigenvalue weighted by molar-refractivity contribution is 8.01. The Balaban J connectivity index is 2.00. The first kappa shape index (κ1) is 21.2. The number of amides is 1. The Morgan fingerprint density at radius 2 is 1.86 bits per heavy atom. The molecule has 1 atom stereocenters. The standard InChI is InChI=1S/C21H22ClN3O3S/c1-12-9-10-16(15-8-6-5-7-14(12)15)25-17(22)11-23-20(25)29-21(3,4)19(28)24-13(2)18(26)27/h5-11,13H,1-4H3,(H,24,28)(H,26,27). The van der Waals surface area contributed by atoms with Crippen LogP contribution in [0.5, 0.6) is 0 Å². The molecule has 0 aliphatic heterocycles. The van der Waals surface area contributed by atoms with Crippen molar-refractivity contribution in [1.29, 1.82) is 0 Å². The summed E-state index contributed by atoms with van der Waals surface area (Å²) in [5.41, 5.74) is 2.02. The number of aliphatic carboxylic acids is 1. The maximum absolute atomic E-state index is 12.6. The zero-order chi connectivity index (χ0) is 21.3. The molecule has 6 nitrogen and oxygen atoms in total. The number of benzene rings is 2. The van der Waals surface area contributed by atoms with Crippen molar-refractivity contribution in [1.82, 2.24) is 14.9 Å². The van der Waals surface area contributed by atoms with Crippen molar-refractivity contribution in [2.45, 2.75) is 43.6 Å². The van der Waals surface area contributed by atoms with Gasteiger partial charge in [0.25, 0.3) is 0 Å². The van der Waals surface area contributed by atoms with Crippen molar-refractivity contribution < 1.29 is 14.7 Å². The number of aryl methyl sites for hydroxylation is 1. The van der Waals surface area contributed by atoms with Crippen LogP contribution in [-0.2, 0) is 9.59 Å². The number of aromatic nitrogens is 2. The fraction of sp³-hybridized carbons (Fsp3) is 0.286. The average molecular weight is 432 g/mol. The fourth-order valence-electron chi connectivity index (χ4n) is 2.94. The minimum Gasteiger partial charge on any atom is -0.480 e. The molecule has 0 radical (unpaired) electrons. The van der Waals surface area contributed by atoms with Crippen molar-refractivity contribution in [2.75, 3.05) is 0 Å². The normalized spacial score (nSPS) is 12.7. The number of hydrogen-bond acceptors (Lipinski definition) is 4. The third-order valence-electron chi connectivity index (χ3n) is 4.66. The molecule has 0 aliphatic carbocycles. The van der Waals surface area contributed by atoms with Gasteiger partial charge in [-0.25, -0.2) is 4.98 Å². The molecule has 0 fully saturated rings. The van der Waals surface area contributed by atoms with Crippen LogP contribution in [-0.4, -0.2) is 37.3 Å². The van der Waals surface area contributed by atoms with Crippen molar-refractivity contribution in [3.05, 3.63) is 53.3 Å². The largest absolute Gasteiger partial charge is 0.480 e. The first-order valence-corrected chi connectivity index (χ1v) is 10.3. The van der Waals surface area contributed by atoms with Gasteiger partial charge in [-0.15, -0.1) is 0 Å². The lowest BCUT2D eigenvalue weighted by atomic mass is 10.0. The second kappa shape index (κ2) is 8.08. The second-order valence-electron chi connectivity index (χ2n) is 7.29. The summed E-state index contributed by atoms with van der Waals surface area (Å²) in [7, 11) is 0. The van der Waals surface area contributed by atoms with Gasteiger partial charge in [-0.3, -0.25) is 14.2 Å².